The fraction of sp³-hybridized carbons (Fsp3) is 0.400. The van der Waals surface area contributed by atoms with Gasteiger partial charge in [0.2, 0.25) is 0 Å². The zero-order chi connectivity index (χ0) is 11.8. The first kappa shape index (κ1) is 10.6. The van der Waals surface area contributed by atoms with E-state index in [-0.39, 0.29) is 0 Å². The summed E-state index contributed by atoms with van der Waals surface area (Å²) in [6.07, 6.45) is 4.48. The van der Waals surface area contributed by atoms with Gasteiger partial charge in [-0.15, -0.1) is 0 Å². The quantitative estimate of drug-likeness (QED) is 0.728. The summed E-state index contributed by atoms with van der Waals surface area (Å²) < 4.78 is 2.39. The first-order valence-electron chi connectivity index (χ1n) is 6.36. The topological polar surface area (TPSA) is 17.8 Å². The maximum absolute atomic E-state index is 4.63. The van der Waals surface area contributed by atoms with E-state index in [1.807, 2.05) is 0 Å². The average Bonchev–Trinajstić information content (AvgIpc) is 2.72. The predicted octanol–water partition coefficient (Wildman–Crippen LogP) is 3.44. The summed E-state index contributed by atoms with van der Waals surface area (Å²) in [5, 5.41) is 0. The molecule has 1 aromatic heterocycles. The molecule has 88 valence electrons. The lowest BCUT2D eigenvalue weighted by Gasteiger charge is -2.22. The van der Waals surface area contributed by atoms with Gasteiger partial charge in [0, 0.05) is 24.0 Å². The van der Waals surface area contributed by atoms with Crippen LogP contribution in [-0.2, 0) is 13.0 Å². The largest absolute Gasteiger partial charge is 0.328 e. The number of rotatable bonds is 1. The zero-order valence-corrected chi connectivity index (χ0v) is 10.5. The summed E-state index contributed by atoms with van der Waals surface area (Å²) in [5.41, 5.74) is 3.97. The minimum absolute atomic E-state index is 0.795. The summed E-state index contributed by atoms with van der Waals surface area (Å²) in [6.45, 7) is 5.59. The van der Waals surface area contributed by atoms with E-state index in [1.54, 1.807) is 0 Å². The van der Waals surface area contributed by atoms with Crippen LogP contribution in [-0.4, -0.2) is 9.55 Å². The molecule has 0 fully saturated rings. The lowest BCUT2D eigenvalue weighted by atomic mass is 9.98. The molecule has 2 aromatic rings. The van der Waals surface area contributed by atoms with Crippen LogP contribution in [0.2, 0.25) is 0 Å². The molecule has 2 heterocycles. The van der Waals surface area contributed by atoms with Crippen molar-refractivity contribution in [1.29, 1.82) is 0 Å². The third-order valence-corrected chi connectivity index (χ3v) is 3.73. The molecule has 1 aromatic carbocycles. The number of benzene rings is 1. The van der Waals surface area contributed by atoms with Gasteiger partial charge >= 0.3 is 0 Å². The third kappa shape index (κ3) is 1.78. The second kappa shape index (κ2) is 4.02. The fourth-order valence-electron chi connectivity index (χ4n) is 2.67. The minimum atomic E-state index is 0.795. The van der Waals surface area contributed by atoms with Crippen LogP contribution in [0.25, 0.3) is 11.4 Å². The summed E-state index contributed by atoms with van der Waals surface area (Å²) in [7, 11) is 0. The van der Waals surface area contributed by atoms with Gasteiger partial charge < -0.3 is 4.57 Å². The van der Waals surface area contributed by atoms with Crippen molar-refractivity contribution in [2.24, 2.45) is 5.92 Å². The van der Waals surface area contributed by atoms with Crippen LogP contribution in [0, 0.1) is 12.8 Å². The molecule has 0 saturated heterocycles. The Morgan fingerprint density at radius 3 is 2.94 bits per heavy atom. The van der Waals surface area contributed by atoms with E-state index in [0.29, 0.717) is 0 Å². The zero-order valence-electron chi connectivity index (χ0n) is 10.5. The van der Waals surface area contributed by atoms with Gasteiger partial charge in [-0.05, 0) is 31.2 Å². The number of hydrogen-bond acceptors (Lipinski definition) is 1. The maximum atomic E-state index is 4.63. The van der Waals surface area contributed by atoms with Crippen molar-refractivity contribution in [3.8, 4) is 11.4 Å². The normalized spacial score (nSPS) is 19.1. The maximum Gasteiger partial charge on any atom is 0.140 e. The van der Waals surface area contributed by atoms with Crippen LogP contribution in [0.3, 0.4) is 0 Å². The first-order chi connectivity index (χ1) is 8.25. The molecule has 2 heteroatoms. The molecule has 2 nitrogen and oxygen atoms in total. The van der Waals surface area contributed by atoms with Crippen molar-refractivity contribution < 1.29 is 0 Å². The second-order valence-electron chi connectivity index (χ2n) is 5.14. The van der Waals surface area contributed by atoms with E-state index in [4.69, 9.17) is 0 Å². The summed E-state index contributed by atoms with van der Waals surface area (Å²) in [4.78, 5) is 4.63. The van der Waals surface area contributed by atoms with E-state index in [9.17, 15) is 0 Å². The van der Waals surface area contributed by atoms with Crippen LogP contribution >= 0.6 is 0 Å². The molecule has 0 amide bonds. The van der Waals surface area contributed by atoms with Crippen LogP contribution in [0.1, 0.15) is 24.6 Å². The SMILES string of the molecule is Cc1ccccc1-c1ncc2n1CCC(C)C2. The Hall–Kier alpha value is -1.57. The van der Waals surface area contributed by atoms with Gasteiger partial charge in [-0.2, -0.15) is 0 Å². The smallest absolute Gasteiger partial charge is 0.140 e. The Labute approximate surface area is 102 Å². The molecule has 0 radical (unpaired) electrons. The molecule has 1 aliphatic rings. The first-order valence-corrected chi connectivity index (χ1v) is 6.36. The van der Waals surface area contributed by atoms with E-state index < -0.39 is 0 Å². The standard InChI is InChI=1S/C15H18N2/c1-11-7-8-17-13(9-11)10-16-15(17)14-6-4-3-5-12(14)2/h3-6,10-11H,7-9H2,1-2H3. The van der Waals surface area contributed by atoms with Crippen LogP contribution in [0.15, 0.2) is 30.5 Å². The third-order valence-electron chi connectivity index (χ3n) is 3.73. The molecule has 1 aliphatic heterocycles. The molecule has 0 aliphatic carbocycles. The Bertz CT molecular complexity index is 540. The van der Waals surface area contributed by atoms with Gasteiger partial charge in [0.15, 0.2) is 0 Å². The monoisotopic (exact) mass is 226 g/mol. The van der Waals surface area contributed by atoms with Crippen molar-refractivity contribution in [3.63, 3.8) is 0 Å². The van der Waals surface area contributed by atoms with Gasteiger partial charge in [-0.25, -0.2) is 4.98 Å². The number of aryl methyl sites for hydroxylation is 1. The number of nitrogens with zero attached hydrogens (tertiary/aromatic N) is 2. The summed E-state index contributed by atoms with van der Waals surface area (Å²) in [5.74, 6) is 1.94. The van der Waals surface area contributed by atoms with Crippen LogP contribution in [0.4, 0.5) is 0 Å². The summed E-state index contributed by atoms with van der Waals surface area (Å²) in [6, 6.07) is 8.50. The van der Waals surface area contributed by atoms with Crippen molar-refractivity contribution in [2.45, 2.75) is 33.2 Å². The van der Waals surface area contributed by atoms with Crippen molar-refractivity contribution >= 4 is 0 Å². The number of imidazole rings is 1. The van der Waals surface area contributed by atoms with E-state index in [2.05, 4.69) is 53.9 Å². The highest BCUT2D eigenvalue weighted by molar-refractivity contribution is 5.60. The Kier molecular flexibility index (Phi) is 2.50. The Balaban J connectivity index is 2.09. The molecule has 17 heavy (non-hydrogen) atoms. The molecular weight excluding hydrogens is 208 g/mol. The van der Waals surface area contributed by atoms with Gasteiger partial charge in [0.1, 0.15) is 5.82 Å². The minimum Gasteiger partial charge on any atom is -0.328 e. The Morgan fingerprint density at radius 2 is 2.12 bits per heavy atom. The molecule has 0 saturated carbocycles. The van der Waals surface area contributed by atoms with Gasteiger partial charge in [-0.1, -0.05) is 31.2 Å². The van der Waals surface area contributed by atoms with Crippen molar-refractivity contribution in [2.75, 3.05) is 0 Å². The highest BCUT2D eigenvalue weighted by Crippen LogP contribution is 2.28. The molecular formula is C15H18N2. The molecule has 3 rings (SSSR count). The van der Waals surface area contributed by atoms with Gasteiger partial charge in [0.25, 0.3) is 0 Å². The lowest BCUT2D eigenvalue weighted by molar-refractivity contribution is 0.419. The van der Waals surface area contributed by atoms with Crippen LogP contribution in [0.5, 0.6) is 0 Å². The molecule has 0 spiro atoms. The van der Waals surface area contributed by atoms with Crippen molar-refractivity contribution in [3.05, 3.63) is 41.7 Å². The highest BCUT2D eigenvalue weighted by Gasteiger charge is 2.19. The molecule has 0 N–H and O–H groups in total. The fourth-order valence-corrected chi connectivity index (χ4v) is 2.67. The molecule has 1 unspecified atom stereocenters. The summed E-state index contributed by atoms with van der Waals surface area (Å²) >= 11 is 0. The highest BCUT2D eigenvalue weighted by atomic mass is 15.1. The van der Waals surface area contributed by atoms with Crippen molar-refractivity contribution in [1.82, 2.24) is 9.55 Å². The average molecular weight is 226 g/mol. The lowest BCUT2D eigenvalue weighted by Crippen LogP contribution is -2.17. The van der Waals surface area contributed by atoms with E-state index in [1.165, 1.54) is 29.7 Å². The number of aromatic nitrogens is 2. The number of hydrogen-bond donors (Lipinski definition) is 0. The Morgan fingerprint density at radius 1 is 1.29 bits per heavy atom. The molecule has 0 bridgehead atoms. The van der Waals surface area contributed by atoms with E-state index >= 15 is 0 Å². The van der Waals surface area contributed by atoms with Gasteiger partial charge in [0.05, 0.1) is 0 Å². The van der Waals surface area contributed by atoms with Crippen LogP contribution < -0.4 is 0 Å². The van der Waals surface area contributed by atoms with Gasteiger partial charge in [-0.3, -0.25) is 0 Å². The predicted molar refractivity (Wildman–Crippen MR) is 69.9 cm³/mol. The molecule has 1 atom stereocenters. The van der Waals surface area contributed by atoms with E-state index in [0.717, 1.165) is 18.3 Å². The number of fused-ring (bicyclic) bond motifs is 1. The second-order valence-corrected chi connectivity index (χ2v) is 5.14.